The quantitative estimate of drug-likeness (QED) is 0.381. The Morgan fingerprint density at radius 1 is 0.824 bits per heavy atom. The number of anilines is 2. The lowest BCUT2D eigenvalue weighted by atomic mass is 10.1. The second kappa shape index (κ2) is 11.4. The zero-order valence-corrected chi connectivity index (χ0v) is 19.8. The standard InChI is InChI=1S/C25H27N3O5S/c1-18-20(13-8-15-22(18)28-34(31,32)19-10-4-3-5-11-19)25(30)27-23-14-7-6-12-21(23)24(29)26-16-9-17-33-2/h3-8,10-15,28H,9,16-17H2,1-2H3,(H,26,29)(H,27,30). The Morgan fingerprint density at radius 2 is 1.47 bits per heavy atom. The van der Waals surface area contributed by atoms with Gasteiger partial charge in [0.1, 0.15) is 0 Å². The molecule has 9 heteroatoms. The van der Waals surface area contributed by atoms with E-state index in [0.717, 1.165) is 0 Å². The van der Waals surface area contributed by atoms with Gasteiger partial charge in [-0.25, -0.2) is 8.42 Å². The molecule has 0 aliphatic heterocycles. The van der Waals surface area contributed by atoms with E-state index >= 15 is 0 Å². The monoisotopic (exact) mass is 481 g/mol. The summed E-state index contributed by atoms with van der Waals surface area (Å²) in [5.74, 6) is -0.772. The minimum Gasteiger partial charge on any atom is -0.385 e. The summed E-state index contributed by atoms with van der Waals surface area (Å²) in [6.45, 7) is 2.63. The summed E-state index contributed by atoms with van der Waals surface area (Å²) in [4.78, 5) is 25.8. The first kappa shape index (κ1) is 24.9. The fraction of sp³-hybridized carbons (Fsp3) is 0.200. The van der Waals surface area contributed by atoms with Gasteiger partial charge in [0.05, 0.1) is 21.8 Å². The second-order valence-corrected chi connectivity index (χ2v) is 9.18. The van der Waals surface area contributed by atoms with Crippen molar-refractivity contribution in [3.8, 4) is 0 Å². The molecule has 0 unspecified atom stereocenters. The molecule has 0 spiro atoms. The molecular weight excluding hydrogens is 454 g/mol. The Morgan fingerprint density at radius 3 is 2.21 bits per heavy atom. The Hall–Kier alpha value is -3.69. The first-order valence-electron chi connectivity index (χ1n) is 10.7. The molecule has 3 rings (SSSR count). The Kier molecular flexibility index (Phi) is 8.39. The normalized spacial score (nSPS) is 11.0. The minimum absolute atomic E-state index is 0.120. The number of hydrogen-bond donors (Lipinski definition) is 3. The Bertz CT molecular complexity index is 1260. The number of ether oxygens (including phenoxy) is 1. The van der Waals surface area contributed by atoms with Gasteiger partial charge in [0.2, 0.25) is 0 Å². The predicted molar refractivity (Wildman–Crippen MR) is 132 cm³/mol. The van der Waals surface area contributed by atoms with Gasteiger partial charge >= 0.3 is 0 Å². The molecule has 0 aliphatic rings. The fourth-order valence-corrected chi connectivity index (χ4v) is 4.43. The minimum atomic E-state index is -3.81. The molecule has 0 aliphatic carbocycles. The molecule has 178 valence electrons. The van der Waals surface area contributed by atoms with Crippen molar-refractivity contribution >= 4 is 33.2 Å². The molecule has 0 saturated heterocycles. The van der Waals surface area contributed by atoms with Crippen LogP contribution in [0.2, 0.25) is 0 Å². The van der Waals surface area contributed by atoms with Gasteiger partial charge in [-0.2, -0.15) is 0 Å². The summed E-state index contributed by atoms with van der Waals surface area (Å²) < 4.78 is 32.9. The van der Waals surface area contributed by atoms with E-state index in [4.69, 9.17) is 4.74 Å². The third kappa shape index (κ3) is 6.21. The summed E-state index contributed by atoms with van der Waals surface area (Å²) in [6, 6.07) is 19.5. The van der Waals surface area contributed by atoms with Gasteiger partial charge in [-0.1, -0.05) is 36.4 Å². The largest absolute Gasteiger partial charge is 0.385 e. The van der Waals surface area contributed by atoms with Crippen LogP contribution in [-0.2, 0) is 14.8 Å². The van der Waals surface area contributed by atoms with E-state index in [0.29, 0.717) is 42.1 Å². The number of amides is 2. The van der Waals surface area contributed by atoms with Crippen molar-refractivity contribution in [3.63, 3.8) is 0 Å². The SMILES string of the molecule is COCCCNC(=O)c1ccccc1NC(=O)c1cccc(NS(=O)(=O)c2ccccc2)c1C. The maximum absolute atomic E-state index is 13.1. The van der Waals surface area contributed by atoms with E-state index in [2.05, 4.69) is 15.4 Å². The number of carbonyl (C=O) groups excluding carboxylic acids is 2. The first-order valence-corrected chi connectivity index (χ1v) is 12.2. The highest BCUT2D eigenvalue weighted by molar-refractivity contribution is 7.92. The highest BCUT2D eigenvalue weighted by Gasteiger charge is 2.19. The molecule has 0 heterocycles. The zero-order valence-electron chi connectivity index (χ0n) is 19.0. The summed E-state index contributed by atoms with van der Waals surface area (Å²) in [6.07, 6.45) is 0.668. The van der Waals surface area contributed by atoms with E-state index in [-0.39, 0.29) is 16.4 Å². The first-order chi connectivity index (χ1) is 16.3. The van der Waals surface area contributed by atoms with Gasteiger partial charge in [-0.15, -0.1) is 0 Å². The highest BCUT2D eigenvalue weighted by atomic mass is 32.2. The van der Waals surface area contributed by atoms with Crippen LogP contribution in [0.5, 0.6) is 0 Å². The summed E-state index contributed by atoms with van der Waals surface area (Å²) >= 11 is 0. The van der Waals surface area contributed by atoms with E-state index in [1.807, 2.05) is 0 Å². The zero-order chi connectivity index (χ0) is 24.6. The number of carbonyl (C=O) groups is 2. The lowest BCUT2D eigenvalue weighted by molar-refractivity contribution is 0.0949. The Labute approximate surface area is 199 Å². The van der Waals surface area contributed by atoms with Crippen LogP contribution in [0.1, 0.15) is 32.7 Å². The number of rotatable bonds is 10. The van der Waals surface area contributed by atoms with E-state index in [9.17, 15) is 18.0 Å². The molecule has 0 bridgehead atoms. The average molecular weight is 482 g/mol. The number of para-hydroxylation sites is 1. The van der Waals surface area contributed by atoms with Gasteiger partial charge in [0.15, 0.2) is 0 Å². The van der Waals surface area contributed by atoms with Crippen LogP contribution in [0, 0.1) is 6.92 Å². The van der Waals surface area contributed by atoms with Crippen LogP contribution in [0.3, 0.4) is 0 Å². The van der Waals surface area contributed by atoms with Crippen LogP contribution in [0.4, 0.5) is 11.4 Å². The molecular formula is C25H27N3O5S. The number of benzene rings is 3. The highest BCUT2D eigenvalue weighted by Crippen LogP contribution is 2.24. The number of sulfonamides is 1. The smallest absolute Gasteiger partial charge is 0.261 e. The van der Waals surface area contributed by atoms with Crippen molar-refractivity contribution in [2.45, 2.75) is 18.2 Å². The third-order valence-corrected chi connectivity index (χ3v) is 6.49. The molecule has 3 aromatic carbocycles. The maximum Gasteiger partial charge on any atom is 0.261 e. The van der Waals surface area contributed by atoms with Crippen molar-refractivity contribution < 1.29 is 22.7 Å². The van der Waals surface area contributed by atoms with Crippen molar-refractivity contribution in [1.82, 2.24) is 5.32 Å². The summed E-state index contributed by atoms with van der Waals surface area (Å²) in [7, 11) is -2.22. The molecule has 2 amide bonds. The van der Waals surface area contributed by atoms with E-state index < -0.39 is 15.9 Å². The van der Waals surface area contributed by atoms with Gasteiger partial charge in [-0.3, -0.25) is 14.3 Å². The number of methoxy groups -OCH3 is 1. The Balaban J connectivity index is 1.79. The van der Waals surface area contributed by atoms with Crippen LogP contribution in [-0.4, -0.2) is 40.5 Å². The molecule has 0 radical (unpaired) electrons. The lowest BCUT2D eigenvalue weighted by Crippen LogP contribution is -2.27. The number of hydrogen-bond acceptors (Lipinski definition) is 5. The average Bonchev–Trinajstić information content (AvgIpc) is 2.84. The molecule has 0 aromatic heterocycles. The van der Waals surface area contributed by atoms with Gasteiger partial charge < -0.3 is 15.4 Å². The molecule has 0 saturated carbocycles. The van der Waals surface area contributed by atoms with Gasteiger partial charge in [-0.05, 0) is 55.3 Å². The van der Waals surface area contributed by atoms with Crippen LogP contribution >= 0.6 is 0 Å². The van der Waals surface area contributed by atoms with Crippen molar-refractivity contribution in [3.05, 3.63) is 89.5 Å². The van der Waals surface area contributed by atoms with Crippen molar-refractivity contribution in [1.29, 1.82) is 0 Å². The molecule has 8 nitrogen and oxygen atoms in total. The molecule has 0 atom stereocenters. The maximum atomic E-state index is 13.1. The second-order valence-electron chi connectivity index (χ2n) is 7.50. The van der Waals surface area contributed by atoms with Crippen molar-refractivity contribution in [2.75, 3.05) is 30.3 Å². The molecule has 0 fully saturated rings. The van der Waals surface area contributed by atoms with Gasteiger partial charge in [0.25, 0.3) is 21.8 Å². The predicted octanol–water partition coefficient (Wildman–Crippen LogP) is 3.81. The van der Waals surface area contributed by atoms with Crippen LogP contribution in [0.15, 0.2) is 77.7 Å². The molecule has 34 heavy (non-hydrogen) atoms. The fourth-order valence-electron chi connectivity index (χ4n) is 3.29. The summed E-state index contributed by atoms with van der Waals surface area (Å²) in [5, 5.41) is 5.57. The number of nitrogens with one attached hydrogen (secondary N) is 3. The lowest BCUT2D eigenvalue weighted by Gasteiger charge is -2.15. The van der Waals surface area contributed by atoms with Crippen LogP contribution < -0.4 is 15.4 Å². The topological polar surface area (TPSA) is 114 Å². The molecule has 3 aromatic rings. The van der Waals surface area contributed by atoms with Crippen molar-refractivity contribution in [2.24, 2.45) is 0 Å². The molecule has 3 N–H and O–H groups in total. The van der Waals surface area contributed by atoms with E-state index in [1.54, 1.807) is 74.7 Å². The van der Waals surface area contributed by atoms with E-state index in [1.165, 1.54) is 12.1 Å². The summed E-state index contributed by atoms with van der Waals surface area (Å²) in [5.41, 5.74) is 1.71. The van der Waals surface area contributed by atoms with Crippen LogP contribution in [0.25, 0.3) is 0 Å². The van der Waals surface area contributed by atoms with Gasteiger partial charge in [0, 0.05) is 25.8 Å². The third-order valence-electron chi connectivity index (χ3n) is 5.11.